The highest BCUT2D eigenvalue weighted by Crippen LogP contribution is 2.15. The lowest BCUT2D eigenvalue weighted by Gasteiger charge is -2.10. The highest BCUT2D eigenvalue weighted by molar-refractivity contribution is 5.96. The second-order valence-corrected chi connectivity index (χ2v) is 5.72. The number of benzene rings is 1. The fourth-order valence-corrected chi connectivity index (χ4v) is 2.49. The van der Waals surface area contributed by atoms with Gasteiger partial charge in [-0.2, -0.15) is 5.10 Å². The number of esters is 1. The lowest BCUT2D eigenvalue weighted by Crippen LogP contribution is -2.23. The third-order valence-corrected chi connectivity index (χ3v) is 3.70. The van der Waals surface area contributed by atoms with Crippen molar-refractivity contribution in [2.45, 2.75) is 20.4 Å². The van der Waals surface area contributed by atoms with Gasteiger partial charge in [-0.05, 0) is 37.6 Å². The first-order valence-corrected chi connectivity index (χ1v) is 8.56. The molecule has 0 saturated heterocycles. The molecule has 1 amide bonds. The lowest BCUT2D eigenvalue weighted by molar-refractivity contribution is -0.117. The first-order chi connectivity index (χ1) is 13.0. The summed E-state index contributed by atoms with van der Waals surface area (Å²) in [4.78, 5) is 24.3. The Morgan fingerprint density at radius 3 is 2.74 bits per heavy atom. The van der Waals surface area contributed by atoms with Crippen molar-refractivity contribution in [1.29, 1.82) is 0 Å². The Bertz CT molecular complexity index is 894. The summed E-state index contributed by atoms with van der Waals surface area (Å²) in [5.74, 6) is -0.667. The van der Waals surface area contributed by atoms with Crippen molar-refractivity contribution in [3.63, 3.8) is 0 Å². The molecule has 1 heterocycles. The average Bonchev–Trinajstić information content (AvgIpc) is 3.06. The van der Waals surface area contributed by atoms with Crippen LogP contribution in [0.25, 0.3) is 5.69 Å². The monoisotopic (exact) mass is 365 g/mol. The molecule has 2 rings (SSSR count). The zero-order valence-corrected chi connectivity index (χ0v) is 15.6. The molecule has 0 aliphatic rings. The minimum absolute atomic E-state index is 0.238. The van der Waals surface area contributed by atoms with E-state index in [1.165, 1.54) is 12.2 Å². The molecule has 0 bridgehead atoms. The van der Waals surface area contributed by atoms with Crippen molar-refractivity contribution < 1.29 is 14.3 Å². The maximum Gasteiger partial charge on any atom is 0.357 e. The standard InChI is InChI=1S/C21H23N3O3/c1-5-9-17(6-2)20(25)22-14-16-10-8-11-18(13-16)24-19(12-15(4)23-24)21(26)27-7-3/h5-6,8-13H,1-2,7,14H2,3-4H3,(H,22,25)/b17-9+. The van der Waals surface area contributed by atoms with Crippen LogP contribution < -0.4 is 5.32 Å². The maximum atomic E-state index is 12.2. The largest absolute Gasteiger partial charge is 0.461 e. The molecule has 0 saturated carbocycles. The molecule has 140 valence electrons. The number of carbonyl (C=O) groups is 2. The number of hydrogen-bond donors (Lipinski definition) is 1. The van der Waals surface area contributed by atoms with Crippen molar-refractivity contribution in [3.8, 4) is 5.69 Å². The number of aryl methyl sites for hydroxylation is 1. The normalized spacial score (nSPS) is 11.0. The Labute approximate surface area is 158 Å². The third kappa shape index (κ3) is 5.04. The van der Waals surface area contributed by atoms with Gasteiger partial charge in [-0.1, -0.05) is 43.5 Å². The van der Waals surface area contributed by atoms with E-state index in [4.69, 9.17) is 4.74 Å². The minimum Gasteiger partial charge on any atom is -0.461 e. The smallest absolute Gasteiger partial charge is 0.357 e. The molecule has 0 atom stereocenters. The summed E-state index contributed by atoms with van der Waals surface area (Å²) < 4.78 is 6.64. The SMILES string of the molecule is C=C/C=C(\C=C)C(=O)NCc1cccc(-n2nc(C)cc2C(=O)OCC)c1. The zero-order valence-electron chi connectivity index (χ0n) is 15.6. The molecular formula is C21H23N3O3. The van der Waals surface area contributed by atoms with Crippen molar-refractivity contribution in [1.82, 2.24) is 15.1 Å². The van der Waals surface area contributed by atoms with Crippen molar-refractivity contribution in [2.75, 3.05) is 6.61 Å². The molecular weight excluding hydrogens is 342 g/mol. The van der Waals surface area contributed by atoms with E-state index in [2.05, 4.69) is 23.6 Å². The van der Waals surface area contributed by atoms with Gasteiger partial charge in [-0.15, -0.1) is 0 Å². The Balaban J connectivity index is 2.22. The van der Waals surface area contributed by atoms with Crippen LogP contribution in [0, 0.1) is 6.92 Å². The Hall–Kier alpha value is -3.41. The van der Waals surface area contributed by atoms with Crippen LogP contribution in [0.15, 0.2) is 67.3 Å². The summed E-state index contributed by atoms with van der Waals surface area (Å²) in [5.41, 5.74) is 3.09. The number of nitrogens with zero attached hydrogens (tertiary/aromatic N) is 2. The fraction of sp³-hybridized carbons (Fsp3) is 0.190. The van der Waals surface area contributed by atoms with Crippen LogP contribution >= 0.6 is 0 Å². The van der Waals surface area contributed by atoms with Crippen LogP contribution in [0.4, 0.5) is 0 Å². The number of rotatable bonds is 8. The van der Waals surface area contributed by atoms with Gasteiger partial charge in [0, 0.05) is 12.1 Å². The number of carbonyl (C=O) groups excluding carboxylic acids is 2. The predicted octanol–water partition coefficient (Wildman–Crippen LogP) is 3.27. The summed E-state index contributed by atoms with van der Waals surface area (Å²) in [6.07, 6.45) is 4.61. The molecule has 0 radical (unpaired) electrons. The number of hydrogen-bond acceptors (Lipinski definition) is 4. The molecule has 0 aliphatic heterocycles. The predicted molar refractivity (Wildman–Crippen MR) is 105 cm³/mol. The summed E-state index contributed by atoms with van der Waals surface area (Å²) in [7, 11) is 0. The number of amides is 1. The van der Waals surface area contributed by atoms with Gasteiger partial charge in [0.15, 0.2) is 5.69 Å². The van der Waals surface area contributed by atoms with Gasteiger partial charge in [0.05, 0.1) is 18.0 Å². The van der Waals surface area contributed by atoms with Gasteiger partial charge in [0.1, 0.15) is 0 Å². The van der Waals surface area contributed by atoms with Crippen LogP contribution in [0.2, 0.25) is 0 Å². The minimum atomic E-state index is -0.429. The van der Waals surface area contributed by atoms with E-state index >= 15 is 0 Å². The average molecular weight is 365 g/mol. The summed E-state index contributed by atoms with van der Waals surface area (Å²) in [6.45, 7) is 11.4. The molecule has 1 aromatic heterocycles. The van der Waals surface area contributed by atoms with Gasteiger partial charge in [-0.3, -0.25) is 4.79 Å². The molecule has 1 aromatic carbocycles. The molecule has 0 spiro atoms. The summed E-state index contributed by atoms with van der Waals surface area (Å²) >= 11 is 0. The van der Waals surface area contributed by atoms with Gasteiger partial charge in [-0.25, -0.2) is 9.48 Å². The van der Waals surface area contributed by atoms with Crippen molar-refractivity contribution in [3.05, 3.63) is 84.2 Å². The van der Waals surface area contributed by atoms with Crippen LogP contribution in [0.5, 0.6) is 0 Å². The van der Waals surface area contributed by atoms with Crippen LogP contribution in [-0.2, 0) is 16.1 Å². The second kappa shape index (κ2) is 9.33. The van der Waals surface area contributed by atoms with Gasteiger partial charge < -0.3 is 10.1 Å². The van der Waals surface area contributed by atoms with E-state index < -0.39 is 5.97 Å². The van der Waals surface area contributed by atoms with Gasteiger partial charge in [0.2, 0.25) is 0 Å². The quantitative estimate of drug-likeness (QED) is 0.443. The number of nitrogens with one attached hydrogen (secondary N) is 1. The van der Waals surface area contributed by atoms with E-state index in [1.54, 1.807) is 23.7 Å². The number of ether oxygens (including phenoxy) is 1. The molecule has 6 nitrogen and oxygen atoms in total. The fourth-order valence-electron chi connectivity index (χ4n) is 2.49. The van der Waals surface area contributed by atoms with E-state index in [-0.39, 0.29) is 5.91 Å². The molecule has 27 heavy (non-hydrogen) atoms. The number of aromatic nitrogens is 2. The molecule has 0 unspecified atom stereocenters. The van der Waals surface area contributed by atoms with E-state index in [0.717, 1.165) is 5.56 Å². The highest BCUT2D eigenvalue weighted by atomic mass is 16.5. The van der Waals surface area contributed by atoms with E-state index in [0.29, 0.717) is 35.8 Å². The molecule has 0 fully saturated rings. The topological polar surface area (TPSA) is 73.2 Å². The van der Waals surface area contributed by atoms with E-state index in [9.17, 15) is 9.59 Å². The summed E-state index contributed by atoms with van der Waals surface area (Å²) in [6, 6.07) is 9.11. The van der Waals surface area contributed by atoms with Crippen LogP contribution in [-0.4, -0.2) is 28.3 Å². The molecule has 2 aromatic rings. The van der Waals surface area contributed by atoms with Crippen molar-refractivity contribution in [2.24, 2.45) is 0 Å². The first kappa shape index (κ1) is 19.9. The Kier molecular flexibility index (Phi) is 6.88. The van der Waals surface area contributed by atoms with Gasteiger partial charge >= 0.3 is 5.97 Å². The molecule has 6 heteroatoms. The van der Waals surface area contributed by atoms with E-state index in [1.807, 2.05) is 31.2 Å². The maximum absolute atomic E-state index is 12.2. The zero-order chi connectivity index (χ0) is 19.8. The van der Waals surface area contributed by atoms with Crippen molar-refractivity contribution >= 4 is 11.9 Å². The lowest BCUT2D eigenvalue weighted by atomic mass is 10.1. The summed E-state index contributed by atoms with van der Waals surface area (Å²) in [5, 5.41) is 7.21. The van der Waals surface area contributed by atoms with Gasteiger partial charge in [0.25, 0.3) is 5.91 Å². The molecule has 0 aliphatic carbocycles. The third-order valence-electron chi connectivity index (χ3n) is 3.70. The second-order valence-electron chi connectivity index (χ2n) is 5.72. The molecule has 1 N–H and O–H groups in total. The Morgan fingerprint density at radius 2 is 2.07 bits per heavy atom. The highest BCUT2D eigenvalue weighted by Gasteiger charge is 2.16. The first-order valence-electron chi connectivity index (χ1n) is 8.56. The van der Waals surface area contributed by atoms with Crippen LogP contribution in [0.3, 0.4) is 0 Å². The number of allylic oxidation sites excluding steroid dienone is 2. The Morgan fingerprint density at radius 1 is 1.30 bits per heavy atom. The van der Waals surface area contributed by atoms with Crippen LogP contribution in [0.1, 0.15) is 28.7 Å².